The zero-order valence-electron chi connectivity index (χ0n) is 15.2. The summed E-state index contributed by atoms with van der Waals surface area (Å²) < 4.78 is 37.4. The van der Waals surface area contributed by atoms with Crippen LogP contribution in [-0.2, 0) is 17.8 Å². The zero-order chi connectivity index (χ0) is 20.1. The van der Waals surface area contributed by atoms with Gasteiger partial charge in [-0.2, -0.15) is 0 Å². The molecule has 0 atom stereocenters. The summed E-state index contributed by atoms with van der Waals surface area (Å²) in [6.07, 6.45) is -2.99. The highest BCUT2D eigenvalue weighted by Gasteiger charge is 2.44. The number of aromatic nitrogens is 2. The summed E-state index contributed by atoms with van der Waals surface area (Å²) >= 11 is 0. The summed E-state index contributed by atoms with van der Waals surface area (Å²) in [7, 11) is 0. The van der Waals surface area contributed by atoms with Gasteiger partial charge in [-0.15, -0.1) is 8.78 Å². The molecular weight excluding hydrogens is 382 g/mol. The lowest BCUT2D eigenvalue weighted by Crippen LogP contribution is -2.25. The quantitative estimate of drug-likeness (QED) is 0.495. The number of ketones is 1. The topological polar surface area (TPSA) is 70.4 Å². The first-order valence-corrected chi connectivity index (χ1v) is 9.24. The highest BCUT2D eigenvalue weighted by atomic mass is 19.3. The van der Waals surface area contributed by atoms with E-state index in [2.05, 4.69) is 14.5 Å². The molecule has 2 aliphatic heterocycles. The Morgan fingerprint density at radius 2 is 1.90 bits per heavy atom. The van der Waals surface area contributed by atoms with Gasteiger partial charge >= 0.3 is 6.29 Å². The van der Waals surface area contributed by atoms with Gasteiger partial charge in [0.1, 0.15) is 5.78 Å². The van der Waals surface area contributed by atoms with Crippen LogP contribution in [0.1, 0.15) is 30.0 Å². The van der Waals surface area contributed by atoms with Gasteiger partial charge in [0.25, 0.3) is 5.56 Å². The maximum absolute atomic E-state index is 13.4. The lowest BCUT2D eigenvalue weighted by atomic mass is 9.97. The van der Waals surface area contributed by atoms with E-state index in [1.165, 1.54) is 12.1 Å². The number of nitrogens with zero attached hydrogens (tertiary/aromatic N) is 2. The van der Waals surface area contributed by atoms with Crippen molar-refractivity contribution in [3.63, 3.8) is 0 Å². The molecule has 145 valence electrons. The van der Waals surface area contributed by atoms with Crippen molar-refractivity contribution in [1.29, 1.82) is 0 Å². The number of rotatable bonds is 1. The van der Waals surface area contributed by atoms with Crippen LogP contribution in [0.5, 0.6) is 11.5 Å². The number of carbonyl (C=O) groups excluding carboxylic acids is 1. The molecule has 8 heteroatoms. The summed E-state index contributed by atoms with van der Waals surface area (Å²) in [5.41, 5.74) is 3.58. The molecule has 29 heavy (non-hydrogen) atoms. The number of benzene rings is 1. The smallest absolute Gasteiger partial charge is 0.395 e. The van der Waals surface area contributed by atoms with Crippen LogP contribution < -0.4 is 15.0 Å². The van der Waals surface area contributed by atoms with E-state index in [1.807, 2.05) is 19.1 Å². The van der Waals surface area contributed by atoms with Crippen LogP contribution in [0, 0.1) is 5.92 Å². The highest BCUT2D eigenvalue weighted by molar-refractivity contribution is 6.02. The van der Waals surface area contributed by atoms with Crippen molar-refractivity contribution in [1.82, 2.24) is 9.55 Å². The van der Waals surface area contributed by atoms with Gasteiger partial charge in [0, 0.05) is 29.0 Å². The fraction of sp³-hybridized carbons (Fsp3) is 0.238. The van der Waals surface area contributed by atoms with Gasteiger partial charge in [-0.1, -0.05) is 6.92 Å². The van der Waals surface area contributed by atoms with Crippen LogP contribution >= 0.6 is 0 Å². The van der Waals surface area contributed by atoms with E-state index in [4.69, 9.17) is 0 Å². The van der Waals surface area contributed by atoms with Crippen LogP contribution in [0.25, 0.3) is 22.3 Å². The van der Waals surface area contributed by atoms with E-state index < -0.39 is 6.29 Å². The number of carbonyl (C=O) groups is 1. The predicted octanol–water partition coefficient (Wildman–Crippen LogP) is 3.20. The first-order valence-electron chi connectivity index (χ1n) is 9.24. The zero-order valence-corrected chi connectivity index (χ0v) is 15.2. The third-order valence-corrected chi connectivity index (χ3v) is 5.74. The second kappa shape index (κ2) is 5.20. The minimum absolute atomic E-state index is 0.00999. The standard InChI is InChI=1S/C21H13F2N2O4/c1-2-11-12-5-15-19-10(8-25(15)20(27)13(12)6-16(11)26)3-9-4-17-18(7-14(9)24-19)29-21(22,23)28-17/h3-5,7H,2,6,8H2,1H3. The number of Topliss-reactive ketones (excluding diaryl/α,β-unsaturated/α-hetero) is 1. The molecule has 0 saturated carbocycles. The molecule has 6 rings (SSSR count). The van der Waals surface area contributed by atoms with Gasteiger partial charge in [0.05, 0.1) is 29.4 Å². The van der Waals surface area contributed by atoms with Crippen LogP contribution in [0.2, 0.25) is 0 Å². The van der Waals surface area contributed by atoms with Crippen molar-refractivity contribution >= 4 is 16.7 Å². The second-order valence-corrected chi connectivity index (χ2v) is 7.40. The fourth-order valence-corrected chi connectivity index (χ4v) is 4.46. The van der Waals surface area contributed by atoms with E-state index in [9.17, 15) is 18.4 Å². The Hall–Kier alpha value is -3.29. The van der Waals surface area contributed by atoms with Gasteiger partial charge in [0.15, 0.2) is 11.5 Å². The monoisotopic (exact) mass is 395 g/mol. The van der Waals surface area contributed by atoms with Crippen molar-refractivity contribution in [2.45, 2.75) is 32.6 Å². The maximum atomic E-state index is 13.4. The van der Waals surface area contributed by atoms with E-state index in [-0.39, 0.29) is 29.3 Å². The predicted molar refractivity (Wildman–Crippen MR) is 98.1 cm³/mol. The minimum atomic E-state index is -3.69. The molecule has 3 aromatic rings. The summed E-state index contributed by atoms with van der Waals surface area (Å²) in [5, 5.41) is 0.619. The average Bonchev–Trinajstić information content (AvgIpc) is 3.27. The van der Waals surface area contributed by atoms with Crippen LogP contribution in [-0.4, -0.2) is 21.6 Å². The molecule has 0 unspecified atom stereocenters. The Morgan fingerprint density at radius 1 is 1.14 bits per heavy atom. The van der Waals surface area contributed by atoms with E-state index >= 15 is 0 Å². The first kappa shape index (κ1) is 16.6. The molecule has 0 saturated heterocycles. The molecule has 1 radical (unpaired) electrons. The van der Waals surface area contributed by atoms with Crippen molar-refractivity contribution in [3.05, 3.63) is 57.2 Å². The molecule has 4 heterocycles. The Morgan fingerprint density at radius 3 is 2.66 bits per heavy atom. The number of pyridine rings is 2. The second-order valence-electron chi connectivity index (χ2n) is 7.40. The lowest BCUT2D eigenvalue weighted by molar-refractivity contribution is -0.286. The minimum Gasteiger partial charge on any atom is -0.395 e. The van der Waals surface area contributed by atoms with Crippen molar-refractivity contribution in [3.8, 4) is 22.9 Å². The van der Waals surface area contributed by atoms with Gasteiger partial charge in [-0.05, 0) is 30.2 Å². The van der Waals surface area contributed by atoms with Crippen molar-refractivity contribution < 1.29 is 23.0 Å². The Bertz CT molecular complexity index is 1330. The number of hydrogen-bond donors (Lipinski definition) is 0. The average molecular weight is 395 g/mol. The first-order chi connectivity index (χ1) is 13.8. The van der Waals surface area contributed by atoms with Gasteiger partial charge in [-0.3, -0.25) is 9.59 Å². The Kier molecular flexibility index (Phi) is 2.98. The number of alkyl halides is 2. The molecule has 1 aromatic carbocycles. The van der Waals surface area contributed by atoms with Gasteiger partial charge < -0.3 is 14.0 Å². The number of halogens is 2. The highest BCUT2D eigenvalue weighted by Crippen LogP contribution is 2.44. The molecule has 0 N–H and O–H groups in total. The summed E-state index contributed by atoms with van der Waals surface area (Å²) in [5.74, 6) is 0.535. The molecular formula is C21H13F2N2O4. The Labute approximate surface area is 162 Å². The molecule has 2 aromatic heterocycles. The van der Waals surface area contributed by atoms with Crippen molar-refractivity contribution in [2.24, 2.45) is 0 Å². The van der Waals surface area contributed by atoms with E-state index in [0.717, 1.165) is 5.56 Å². The third-order valence-electron chi connectivity index (χ3n) is 5.74. The van der Waals surface area contributed by atoms with E-state index in [0.29, 0.717) is 52.3 Å². The third kappa shape index (κ3) is 2.17. The summed E-state index contributed by atoms with van der Waals surface area (Å²) in [6.45, 7) is 2.21. The number of hydrogen-bond acceptors (Lipinski definition) is 5. The van der Waals surface area contributed by atoms with Crippen molar-refractivity contribution in [2.75, 3.05) is 0 Å². The van der Waals surface area contributed by atoms with Gasteiger partial charge in [0.2, 0.25) is 0 Å². The molecule has 0 fully saturated rings. The van der Waals surface area contributed by atoms with Crippen LogP contribution in [0.15, 0.2) is 29.1 Å². The van der Waals surface area contributed by atoms with Crippen LogP contribution in [0.4, 0.5) is 8.78 Å². The molecule has 1 aliphatic carbocycles. The number of fused-ring (bicyclic) bond motifs is 6. The summed E-state index contributed by atoms with van der Waals surface area (Å²) in [4.78, 5) is 29.9. The SMILES string of the molecule is CC[C]1C(=O)Cc2c1cc1n(c2=O)Cc2cc3cc4c(cc3nc2-1)OC(F)(F)O4. The van der Waals surface area contributed by atoms with Crippen LogP contribution in [0.3, 0.4) is 0 Å². The largest absolute Gasteiger partial charge is 0.586 e. The number of ether oxygens (including phenoxy) is 2. The molecule has 3 aliphatic rings. The van der Waals surface area contributed by atoms with E-state index in [1.54, 1.807) is 4.57 Å². The maximum Gasteiger partial charge on any atom is 0.586 e. The Balaban J connectivity index is 1.55. The fourth-order valence-electron chi connectivity index (χ4n) is 4.46. The molecule has 6 nitrogen and oxygen atoms in total. The molecule has 0 spiro atoms. The normalized spacial score (nSPS) is 18.2. The molecule has 0 bridgehead atoms. The van der Waals surface area contributed by atoms with Gasteiger partial charge in [-0.25, -0.2) is 4.98 Å². The lowest BCUT2D eigenvalue weighted by Gasteiger charge is -2.10. The molecule has 0 amide bonds. The summed E-state index contributed by atoms with van der Waals surface area (Å²) in [6, 6.07) is 6.55.